The van der Waals surface area contributed by atoms with Crippen LogP contribution in [0.3, 0.4) is 0 Å². The van der Waals surface area contributed by atoms with E-state index in [1.54, 1.807) is 6.07 Å². The van der Waals surface area contributed by atoms with Gasteiger partial charge in [0.2, 0.25) is 0 Å². The standard InChI is InChI=1S/C14H20BrNO/c1-3-12(16-9-14(2)6-7-14)11-8-10(15)4-5-13(11)17/h4-5,8,12,16-17H,3,6-7,9H2,1-2H3. The summed E-state index contributed by atoms with van der Waals surface area (Å²) in [7, 11) is 0. The molecule has 1 unspecified atom stereocenters. The van der Waals surface area contributed by atoms with Crippen LogP contribution in [0.15, 0.2) is 22.7 Å². The molecule has 1 saturated carbocycles. The molecule has 0 spiro atoms. The minimum absolute atomic E-state index is 0.241. The fourth-order valence-electron chi connectivity index (χ4n) is 2.04. The second-order valence-electron chi connectivity index (χ2n) is 5.36. The molecule has 2 rings (SSSR count). The number of hydrogen-bond donors (Lipinski definition) is 2. The Balaban J connectivity index is 2.08. The molecular formula is C14H20BrNO. The fourth-order valence-corrected chi connectivity index (χ4v) is 2.42. The van der Waals surface area contributed by atoms with Gasteiger partial charge in [0, 0.05) is 22.6 Å². The van der Waals surface area contributed by atoms with Gasteiger partial charge in [-0.3, -0.25) is 0 Å². The van der Waals surface area contributed by atoms with Crippen LogP contribution in [0.25, 0.3) is 0 Å². The summed E-state index contributed by atoms with van der Waals surface area (Å²) < 4.78 is 1.02. The summed E-state index contributed by atoms with van der Waals surface area (Å²) in [5, 5.41) is 13.5. The molecule has 1 fully saturated rings. The molecule has 0 aliphatic heterocycles. The first-order valence-corrected chi connectivity index (χ1v) is 7.05. The molecule has 94 valence electrons. The topological polar surface area (TPSA) is 32.3 Å². The van der Waals surface area contributed by atoms with Crippen LogP contribution in [0.1, 0.15) is 44.7 Å². The zero-order chi connectivity index (χ0) is 12.5. The third-order valence-electron chi connectivity index (χ3n) is 3.65. The van der Waals surface area contributed by atoms with Crippen LogP contribution in [-0.4, -0.2) is 11.7 Å². The van der Waals surface area contributed by atoms with Crippen LogP contribution in [0.2, 0.25) is 0 Å². The van der Waals surface area contributed by atoms with Crippen LogP contribution < -0.4 is 5.32 Å². The molecule has 1 aliphatic rings. The van der Waals surface area contributed by atoms with Gasteiger partial charge in [-0.25, -0.2) is 0 Å². The highest BCUT2D eigenvalue weighted by atomic mass is 79.9. The van der Waals surface area contributed by atoms with Crippen LogP contribution in [-0.2, 0) is 0 Å². The number of rotatable bonds is 5. The van der Waals surface area contributed by atoms with E-state index in [-0.39, 0.29) is 6.04 Å². The number of phenols is 1. The Morgan fingerprint density at radius 3 is 2.76 bits per heavy atom. The second kappa shape index (κ2) is 4.99. The maximum Gasteiger partial charge on any atom is 0.120 e. The van der Waals surface area contributed by atoms with Gasteiger partial charge < -0.3 is 10.4 Å². The van der Waals surface area contributed by atoms with Crippen LogP contribution >= 0.6 is 15.9 Å². The lowest BCUT2D eigenvalue weighted by molar-refractivity contribution is 0.410. The van der Waals surface area contributed by atoms with Crippen molar-refractivity contribution in [1.82, 2.24) is 5.32 Å². The van der Waals surface area contributed by atoms with E-state index in [1.807, 2.05) is 12.1 Å². The van der Waals surface area contributed by atoms with Crippen molar-refractivity contribution in [1.29, 1.82) is 0 Å². The van der Waals surface area contributed by atoms with Gasteiger partial charge in [-0.1, -0.05) is 29.8 Å². The van der Waals surface area contributed by atoms with Crippen molar-refractivity contribution in [3.8, 4) is 5.75 Å². The number of benzene rings is 1. The smallest absolute Gasteiger partial charge is 0.120 e. The van der Waals surface area contributed by atoms with Gasteiger partial charge in [-0.05, 0) is 42.9 Å². The molecule has 2 N–H and O–H groups in total. The van der Waals surface area contributed by atoms with Crippen LogP contribution in [0, 0.1) is 5.41 Å². The lowest BCUT2D eigenvalue weighted by Gasteiger charge is -2.21. The molecule has 0 bridgehead atoms. The van der Waals surface area contributed by atoms with E-state index in [0.29, 0.717) is 11.2 Å². The maximum absolute atomic E-state index is 9.92. The van der Waals surface area contributed by atoms with Gasteiger partial charge in [0.05, 0.1) is 0 Å². The molecule has 0 amide bonds. The molecule has 0 heterocycles. The van der Waals surface area contributed by atoms with E-state index in [1.165, 1.54) is 12.8 Å². The minimum Gasteiger partial charge on any atom is -0.508 e. The number of aromatic hydroxyl groups is 1. The van der Waals surface area contributed by atoms with Crippen molar-refractivity contribution in [3.63, 3.8) is 0 Å². The largest absolute Gasteiger partial charge is 0.508 e. The van der Waals surface area contributed by atoms with E-state index in [2.05, 4.69) is 35.1 Å². The molecule has 0 radical (unpaired) electrons. The van der Waals surface area contributed by atoms with E-state index in [9.17, 15) is 5.11 Å². The monoisotopic (exact) mass is 297 g/mol. The fraction of sp³-hybridized carbons (Fsp3) is 0.571. The molecule has 0 saturated heterocycles. The quantitative estimate of drug-likeness (QED) is 0.861. The lowest BCUT2D eigenvalue weighted by Crippen LogP contribution is -2.26. The van der Waals surface area contributed by atoms with E-state index in [0.717, 1.165) is 23.0 Å². The van der Waals surface area contributed by atoms with Gasteiger partial charge in [0.15, 0.2) is 0 Å². The van der Waals surface area contributed by atoms with Crippen molar-refractivity contribution in [2.45, 2.75) is 39.2 Å². The first-order valence-electron chi connectivity index (χ1n) is 6.26. The Hall–Kier alpha value is -0.540. The Bertz CT molecular complexity index is 401. The molecule has 0 aromatic heterocycles. The Morgan fingerprint density at radius 1 is 1.47 bits per heavy atom. The number of phenolic OH excluding ortho intramolecular Hbond substituents is 1. The number of hydrogen-bond acceptors (Lipinski definition) is 2. The van der Waals surface area contributed by atoms with Crippen LogP contribution in [0.5, 0.6) is 5.75 Å². The Morgan fingerprint density at radius 2 is 2.18 bits per heavy atom. The average molecular weight is 298 g/mol. The highest BCUT2D eigenvalue weighted by molar-refractivity contribution is 9.10. The summed E-state index contributed by atoms with van der Waals surface area (Å²) in [6.45, 7) is 5.50. The molecule has 3 heteroatoms. The van der Waals surface area contributed by atoms with Crippen molar-refractivity contribution in [2.75, 3.05) is 6.54 Å². The summed E-state index contributed by atoms with van der Waals surface area (Å²) in [6, 6.07) is 5.87. The van der Waals surface area contributed by atoms with E-state index < -0.39 is 0 Å². The van der Waals surface area contributed by atoms with Gasteiger partial charge in [0.1, 0.15) is 5.75 Å². The van der Waals surface area contributed by atoms with Crippen molar-refractivity contribution in [3.05, 3.63) is 28.2 Å². The van der Waals surface area contributed by atoms with Crippen molar-refractivity contribution < 1.29 is 5.11 Å². The normalized spacial score (nSPS) is 19.0. The Kier molecular flexibility index (Phi) is 3.79. The third kappa shape index (κ3) is 3.23. The van der Waals surface area contributed by atoms with Gasteiger partial charge in [0.25, 0.3) is 0 Å². The lowest BCUT2D eigenvalue weighted by atomic mass is 10.0. The predicted molar refractivity (Wildman–Crippen MR) is 74.2 cm³/mol. The molecular weight excluding hydrogens is 278 g/mol. The Labute approximate surface area is 112 Å². The summed E-state index contributed by atoms with van der Waals surface area (Å²) in [5.74, 6) is 0.383. The molecule has 1 aliphatic carbocycles. The summed E-state index contributed by atoms with van der Waals surface area (Å²) in [4.78, 5) is 0. The van der Waals surface area contributed by atoms with Crippen LogP contribution in [0.4, 0.5) is 0 Å². The second-order valence-corrected chi connectivity index (χ2v) is 6.27. The third-order valence-corrected chi connectivity index (χ3v) is 4.15. The number of halogens is 1. The molecule has 1 atom stereocenters. The van der Waals surface area contributed by atoms with Gasteiger partial charge >= 0.3 is 0 Å². The average Bonchev–Trinajstić information content (AvgIpc) is 3.02. The highest BCUT2D eigenvalue weighted by Gasteiger charge is 2.37. The first kappa shape index (κ1) is 12.9. The summed E-state index contributed by atoms with van der Waals surface area (Å²) in [5.41, 5.74) is 1.49. The zero-order valence-corrected chi connectivity index (χ0v) is 12.0. The summed E-state index contributed by atoms with van der Waals surface area (Å²) >= 11 is 3.46. The maximum atomic E-state index is 9.92. The minimum atomic E-state index is 0.241. The molecule has 2 nitrogen and oxygen atoms in total. The number of nitrogens with one attached hydrogen (secondary N) is 1. The summed E-state index contributed by atoms with van der Waals surface area (Å²) in [6.07, 6.45) is 3.63. The van der Waals surface area contributed by atoms with Gasteiger partial charge in [-0.2, -0.15) is 0 Å². The SMILES string of the molecule is CCC(NCC1(C)CC1)c1cc(Br)ccc1O. The predicted octanol–water partition coefficient (Wildman–Crippen LogP) is 4.00. The molecule has 1 aromatic rings. The zero-order valence-electron chi connectivity index (χ0n) is 10.5. The molecule has 1 aromatic carbocycles. The van der Waals surface area contributed by atoms with E-state index >= 15 is 0 Å². The van der Waals surface area contributed by atoms with E-state index in [4.69, 9.17) is 0 Å². The van der Waals surface area contributed by atoms with Crippen molar-refractivity contribution in [2.24, 2.45) is 5.41 Å². The van der Waals surface area contributed by atoms with Gasteiger partial charge in [-0.15, -0.1) is 0 Å². The highest BCUT2D eigenvalue weighted by Crippen LogP contribution is 2.44. The molecule has 17 heavy (non-hydrogen) atoms. The first-order chi connectivity index (χ1) is 8.04. The van der Waals surface area contributed by atoms with Crippen molar-refractivity contribution >= 4 is 15.9 Å².